The van der Waals surface area contributed by atoms with Crippen molar-refractivity contribution >= 4 is 11.9 Å². The molecule has 19 heavy (non-hydrogen) atoms. The van der Waals surface area contributed by atoms with Crippen LogP contribution >= 0.6 is 0 Å². The van der Waals surface area contributed by atoms with Crippen molar-refractivity contribution < 1.29 is 19.4 Å². The summed E-state index contributed by atoms with van der Waals surface area (Å²) in [5.41, 5.74) is 1.33. The fourth-order valence-corrected chi connectivity index (χ4v) is 2.71. The van der Waals surface area contributed by atoms with E-state index in [0.717, 1.165) is 12.8 Å². The molecule has 4 heteroatoms. The van der Waals surface area contributed by atoms with Gasteiger partial charge in [0.25, 0.3) is 0 Å². The van der Waals surface area contributed by atoms with Gasteiger partial charge in [0.2, 0.25) is 0 Å². The summed E-state index contributed by atoms with van der Waals surface area (Å²) >= 11 is 0. The minimum atomic E-state index is -0.910. The van der Waals surface area contributed by atoms with Gasteiger partial charge in [-0.25, -0.2) is 0 Å². The molecule has 0 bridgehead atoms. The van der Waals surface area contributed by atoms with Gasteiger partial charge in [-0.2, -0.15) is 0 Å². The molecule has 0 aromatic rings. The van der Waals surface area contributed by atoms with E-state index in [-0.39, 0.29) is 24.2 Å². The van der Waals surface area contributed by atoms with E-state index in [1.807, 2.05) is 0 Å². The Labute approximate surface area is 114 Å². The van der Waals surface area contributed by atoms with E-state index in [0.29, 0.717) is 0 Å². The standard InChI is InChI=1S/C15H24O4/c1-5-13(16)19-14(11(4)15(17)18)12-7-6-9(2)8-10(12)3/h8,10-12,14H,5-7H2,1-4H3,(H,17,18). The lowest BCUT2D eigenvalue weighted by Crippen LogP contribution is -2.40. The molecule has 1 aliphatic rings. The predicted octanol–water partition coefficient (Wildman–Crippen LogP) is 3.02. The second kappa shape index (κ2) is 6.73. The summed E-state index contributed by atoms with van der Waals surface area (Å²) in [7, 11) is 0. The van der Waals surface area contributed by atoms with Crippen molar-refractivity contribution in [2.75, 3.05) is 0 Å². The lowest BCUT2D eigenvalue weighted by molar-refractivity contribution is -0.162. The van der Waals surface area contributed by atoms with Crippen LogP contribution in [0.15, 0.2) is 11.6 Å². The second-order valence-electron chi connectivity index (χ2n) is 5.51. The van der Waals surface area contributed by atoms with E-state index in [9.17, 15) is 14.7 Å². The normalized spacial score (nSPS) is 26.2. The van der Waals surface area contributed by atoms with Crippen LogP contribution in [0.3, 0.4) is 0 Å². The fourth-order valence-electron chi connectivity index (χ4n) is 2.71. The number of carboxylic acids is 1. The summed E-state index contributed by atoms with van der Waals surface area (Å²) < 4.78 is 5.42. The topological polar surface area (TPSA) is 63.6 Å². The van der Waals surface area contributed by atoms with Crippen molar-refractivity contribution in [2.45, 2.75) is 53.1 Å². The summed E-state index contributed by atoms with van der Waals surface area (Å²) in [6.07, 6.45) is 3.72. The number of carboxylic acid groups (broad SMARTS) is 1. The number of carbonyl (C=O) groups is 2. The van der Waals surface area contributed by atoms with Crippen LogP contribution in [0, 0.1) is 17.8 Å². The molecule has 108 valence electrons. The highest BCUT2D eigenvalue weighted by Gasteiger charge is 2.37. The fraction of sp³-hybridized carbons (Fsp3) is 0.733. The van der Waals surface area contributed by atoms with E-state index >= 15 is 0 Å². The van der Waals surface area contributed by atoms with Gasteiger partial charge in [-0.05, 0) is 32.6 Å². The highest BCUT2D eigenvalue weighted by atomic mass is 16.5. The van der Waals surface area contributed by atoms with Gasteiger partial charge in [-0.1, -0.05) is 25.5 Å². The first kappa shape index (κ1) is 15.7. The number of ether oxygens (including phenoxy) is 1. The minimum Gasteiger partial charge on any atom is -0.481 e. The molecule has 0 fully saturated rings. The molecular weight excluding hydrogens is 244 g/mol. The summed E-state index contributed by atoms with van der Waals surface area (Å²) in [5.74, 6) is -1.57. The number of allylic oxidation sites excluding steroid dienone is 2. The SMILES string of the molecule is CCC(=O)OC(C(C)C(=O)O)C1CCC(C)=CC1C. The Morgan fingerprint density at radius 2 is 2.16 bits per heavy atom. The van der Waals surface area contributed by atoms with E-state index < -0.39 is 18.0 Å². The third-order valence-electron chi connectivity index (χ3n) is 3.96. The average molecular weight is 268 g/mol. The zero-order valence-electron chi connectivity index (χ0n) is 12.2. The largest absolute Gasteiger partial charge is 0.481 e. The summed E-state index contributed by atoms with van der Waals surface area (Å²) in [6, 6.07) is 0. The lowest BCUT2D eigenvalue weighted by Gasteiger charge is -2.35. The van der Waals surface area contributed by atoms with Crippen LogP contribution in [0.2, 0.25) is 0 Å². The van der Waals surface area contributed by atoms with Gasteiger partial charge in [0, 0.05) is 12.3 Å². The first-order chi connectivity index (χ1) is 8.86. The van der Waals surface area contributed by atoms with Crippen molar-refractivity contribution in [2.24, 2.45) is 17.8 Å². The highest BCUT2D eigenvalue weighted by Crippen LogP contribution is 2.35. The number of rotatable bonds is 5. The zero-order chi connectivity index (χ0) is 14.6. The first-order valence-corrected chi connectivity index (χ1v) is 6.96. The molecule has 4 nitrogen and oxygen atoms in total. The van der Waals surface area contributed by atoms with E-state index in [4.69, 9.17) is 4.74 Å². The van der Waals surface area contributed by atoms with Gasteiger partial charge < -0.3 is 9.84 Å². The smallest absolute Gasteiger partial charge is 0.309 e. The van der Waals surface area contributed by atoms with Crippen LogP contribution in [0.5, 0.6) is 0 Å². The maximum atomic E-state index is 11.5. The molecule has 4 unspecified atom stereocenters. The summed E-state index contributed by atoms with van der Waals surface area (Å²) in [5, 5.41) is 9.20. The molecular formula is C15H24O4. The van der Waals surface area contributed by atoms with E-state index in [1.54, 1.807) is 13.8 Å². The molecule has 1 aliphatic carbocycles. The second-order valence-corrected chi connectivity index (χ2v) is 5.51. The van der Waals surface area contributed by atoms with E-state index in [1.165, 1.54) is 5.57 Å². The Balaban J connectivity index is 2.90. The number of aliphatic carboxylic acids is 1. The van der Waals surface area contributed by atoms with Crippen molar-refractivity contribution in [3.8, 4) is 0 Å². The van der Waals surface area contributed by atoms with Gasteiger partial charge in [0.15, 0.2) is 0 Å². The van der Waals surface area contributed by atoms with Gasteiger partial charge >= 0.3 is 11.9 Å². The zero-order valence-corrected chi connectivity index (χ0v) is 12.2. The molecule has 0 aliphatic heterocycles. The molecule has 0 saturated carbocycles. The molecule has 0 saturated heterocycles. The van der Waals surface area contributed by atoms with Crippen molar-refractivity contribution in [3.05, 3.63) is 11.6 Å². The highest BCUT2D eigenvalue weighted by molar-refractivity contribution is 5.72. The third kappa shape index (κ3) is 4.08. The lowest BCUT2D eigenvalue weighted by atomic mass is 9.75. The van der Waals surface area contributed by atoms with Crippen LogP contribution in [-0.2, 0) is 14.3 Å². The summed E-state index contributed by atoms with van der Waals surface area (Å²) in [4.78, 5) is 22.7. The Bertz CT molecular complexity index is 372. The van der Waals surface area contributed by atoms with Crippen LogP contribution in [0.1, 0.15) is 47.0 Å². The van der Waals surface area contributed by atoms with Gasteiger partial charge in [0.05, 0.1) is 5.92 Å². The van der Waals surface area contributed by atoms with Crippen LogP contribution in [-0.4, -0.2) is 23.1 Å². The number of hydrogen-bond acceptors (Lipinski definition) is 3. The Morgan fingerprint density at radius 3 is 2.63 bits per heavy atom. The first-order valence-electron chi connectivity index (χ1n) is 6.96. The molecule has 0 aromatic carbocycles. The quantitative estimate of drug-likeness (QED) is 0.615. The monoisotopic (exact) mass is 268 g/mol. The molecule has 0 spiro atoms. The molecule has 1 N–H and O–H groups in total. The van der Waals surface area contributed by atoms with Crippen LogP contribution < -0.4 is 0 Å². The maximum Gasteiger partial charge on any atom is 0.309 e. The maximum absolute atomic E-state index is 11.5. The van der Waals surface area contributed by atoms with Crippen molar-refractivity contribution in [1.29, 1.82) is 0 Å². The predicted molar refractivity (Wildman–Crippen MR) is 72.6 cm³/mol. The minimum absolute atomic E-state index is 0.0882. The number of esters is 1. The average Bonchev–Trinajstić information content (AvgIpc) is 2.35. The van der Waals surface area contributed by atoms with Gasteiger partial charge in [-0.3, -0.25) is 9.59 Å². The summed E-state index contributed by atoms with van der Waals surface area (Å²) in [6.45, 7) is 7.49. The molecule has 4 atom stereocenters. The molecule has 0 aromatic heterocycles. The Kier molecular flexibility index (Phi) is 5.58. The van der Waals surface area contributed by atoms with E-state index in [2.05, 4.69) is 19.9 Å². The molecule has 0 amide bonds. The molecule has 0 radical (unpaired) electrons. The molecule has 1 rings (SSSR count). The van der Waals surface area contributed by atoms with Crippen LogP contribution in [0.25, 0.3) is 0 Å². The number of hydrogen-bond donors (Lipinski definition) is 1. The van der Waals surface area contributed by atoms with Crippen molar-refractivity contribution in [3.63, 3.8) is 0 Å². The van der Waals surface area contributed by atoms with Crippen LogP contribution in [0.4, 0.5) is 0 Å². The van der Waals surface area contributed by atoms with Crippen molar-refractivity contribution in [1.82, 2.24) is 0 Å². The third-order valence-corrected chi connectivity index (χ3v) is 3.96. The Morgan fingerprint density at radius 1 is 1.53 bits per heavy atom. The van der Waals surface area contributed by atoms with Gasteiger partial charge in [-0.15, -0.1) is 0 Å². The molecule has 0 heterocycles. The Hall–Kier alpha value is -1.32. The number of carbonyl (C=O) groups excluding carboxylic acids is 1. The van der Waals surface area contributed by atoms with Gasteiger partial charge in [0.1, 0.15) is 6.10 Å².